The number of carbonyl (C=O) groups is 2. The average Bonchev–Trinajstić information content (AvgIpc) is 3.28. The Labute approximate surface area is 180 Å². The highest BCUT2D eigenvalue weighted by atomic mass is 35.5. The fourth-order valence-electron chi connectivity index (χ4n) is 4.03. The molecule has 0 spiro atoms. The van der Waals surface area contributed by atoms with E-state index in [1.54, 1.807) is 16.2 Å². The van der Waals surface area contributed by atoms with E-state index >= 15 is 0 Å². The number of amides is 2. The smallest absolute Gasteiger partial charge is 0.228 e. The summed E-state index contributed by atoms with van der Waals surface area (Å²) < 4.78 is 0. The van der Waals surface area contributed by atoms with Crippen LogP contribution in [0.25, 0.3) is 0 Å². The van der Waals surface area contributed by atoms with Crippen LogP contribution in [0.1, 0.15) is 23.4 Å². The largest absolute Gasteiger partial charge is 0.341 e. The molecule has 2 saturated heterocycles. The second-order valence-electron chi connectivity index (χ2n) is 7.68. The Kier molecular flexibility index (Phi) is 6.47. The minimum atomic E-state index is -0.236. The minimum Gasteiger partial charge on any atom is -0.341 e. The van der Waals surface area contributed by atoms with Crippen LogP contribution in [0.5, 0.6) is 0 Å². The van der Waals surface area contributed by atoms with Gasteiger partial charge in [0.05, 0.1) is 12.5 Å². The normalized spacial score (nSPS) is 20.9. The summed E-state index contributed by atoms with van der Waals surface area (Å²) in [5.74, 6) is -0.0631. The highest BCUT2D eigenvalue weighted by Gasteiger charge is 2.36. The van der Waals surface area contributed by atoms with Gasteiger partial charge in [-0.3, -0.25) is 14.5 Å². The van der Waals surface area contributed by atoms with Crippen molar-refractivity contribution in [3.63, 3.8) is 0 Å². The molecule has 6 nitrogen and oxygen atoms in total. The molecule has 0 saturated carbocycles. The lowest BCUT2D eigenvalue weighted by molar-refractivity contribution is -0.135. The maximum absolute atomic E-state index is 13.1. The Bertz CT molecular complexity index is 843. The van der Waals surface area contributed by atoms with Gasteiger partial charge in [0.1, 0.15) is 5.01 Å². The SMILES string of the molecule is O=C1CC(C(=O)N2CCCN(Cc3nccs3)CC2)CN1Cc1ccc(Cl)cc1. The summed E-state index contributed by atoms with van der Waals surface area (Å²) in [5, 5.41) is 3.79. The van der Waals surface area contributed by atoms with Crippen LogP contribution in [0.2, 0.25) is 5.02 Å². The summed E-state index contributed by atoms with van der Waals surface area (Å²) in [5.41, 5.74) is 1.03. The number of hydrogen-bond donors (Lipinski definition) is 0. The predicted molar refractivity (Wildman–Crippen MR) is 114 cm³/mol. The van der Waals surface area contributed by atoms with Crippen LogP contribution in [0.3, 0.4) is 0 Å². The number of rotatable bonds is 5. The highest BCUT2D eigenvalue weighted by molar-refractivity contribution is 7.09. The molecule has 0 aliphatic carbocycles. The number of benzene rings is 1. The van der Waals surface area contributed by atoms with Gasteiger partial charge in [-0.05, 0) is 24.1 Å². The van der Waals surface area contributed by atoms with E-state index in [2.05, 4.69) is 9.88 Å². The zero-order valence-corrected chi connectivity index (χ0v) is 17.9. The van der Waals surface area contributed by atoms with Crippen molar-refractivity contribution in [1.29, 1.82) is 0 Å². The lowest BCUT2D eigenvalue weighted by Crippen LogP contribution is -2.39. The van der Waals surface area contributed by atoms with Crippen LogP contribution in [-0.2, 0) is 22.7 Å². The molecule has 2 aliphatic rings. The molecule has 0 N–H and O–H groups in total. The molecule has 3 heterocycles. The van der Waals surface area contributed by atoms with Crippen LogP contribution in [0.15, 0.2) is 35.8 Å². The van der Waals surface area contributed by atoms with E-state index in [1.807, 2.05) is 40.7 Å². The molecule has 8 heteroatoms. The van der Waals surface area contributed by atoms with E-state index in [9.17, 15) is 9.59 Å². The van der Waals surface area contributed by atoms with Crippen LogP contribution >= 0.6 is 22.9 Å². The molecule has 154 valence electrons. The van der Waals surface area contributed by atoms with Crippen LogP contribution in [0.4, 0.5) is 0 Å². The third-order valence-corrected chi connectivity index (χ3v) is 6.61. The molecule has 1 unspecified atom stereocenters. The Hall–Kier alpha value is -1.96. The molecule has 29 heavy (non-hydrogen) atoms. The molecular formula is C21H25ClN4O2S. The lowest BCUT2D eigenvalue weighted by Gasteiger charge is -2.24. The predicted octanol–water partition coefficient (Wildman–Crippen LogP) is 2.88. The summed E-state index contributed by atoms with van der Waals surface area (Å²) in [4.78, 5) is 36.0. The Morgan fingerprint density at radius 1 is 1.14 bits per heavy atom. The molecular weight excluding hydrogens is 408 g/mol. The second kappa shape index (κ2) is 9.24. The number of nitrogens with zero attached hydrogens (tertiary/aromatic N) is 4. The molecule has 2 fully saturated rings. The van der Waals surface area contributed by atoms with E-state index < -0.39 is 0 Å². The van der Waals surface area contributed by atoms with Crippen molar-refractivity contribution in [2.45, 2.75) is 25.9 Å². The fraction of sp³-hybridized carbons (Fsp3) is 0.476. The molecule has 0 bridgehead atoms. The summed E-state index contributed by atoms with van der Waals surface area (Å²) in [7, 11) is 0. The van der Waals surface area contributed by atoms with Gasteiger partial charge in [-0.2, -0.15) is 0 Å². The molecule has 2 aliphatic heterocycles. The van der Waals surface area contributed by atoms with Crippen molar-refractivity contribution in [3.8, 4) is 0 Å². The average molecular weight is 433 g/mol. The van der Waals surface area contributed by atoms with Crippen LogP contribution in [-0.4, -0.2) is 64.2 Å². The summed E-state index contributed by atoms with van der Waals surface area (Å²) in [6.07, 6.45) is 3.10. The zero-order chi connectivity index (χ0) is 20.2. The van der Waals surface area contributed by atoms with Crippen molar-refractivity contribution in [3.05, 3.63) is 51.4 Å². The first-order valence-electron chi connectivity index (χ1n) is 10.0. The molecule has 1 aromatic carbocycles. The molecule has 0 radical (unpaired) electrons. The van der Waals surface area contributed by atoms with E-state index in [4.69, 9.17) is 11.6 Å². The van der Waals surface area contributed by atoms with Crippen molar-refractivity contribution < 1.29 is 9.59 Å². The van der Waals surface area contributed by atoms with Crippen molar-refractivity contribution in [2.24, 2.45) is 5.92 Å². The number of halogens is 1. The van der Waals surface area contributed by atoms with Gasteiger partial charge in [-0.15, -0.1) is 11.3 Å². The van der Waals surface area contributed by atoms with Gasteiger partial charge in [0.2, 0.25) is 11.8 Å². The second-order valence-corrected chi connectivity index (χ2v) is 9.10. The Morgan fingerprint density at radius 2 is 1.97 bits per heavy atom. The minimum absolute atomic E-state index is 0.0542. The maximum Gasteiger partial charge on any atom is 0.228 e. The number of carbonyl (C=O) groups excluding carboxylic acids is 2. The van der Waals surface area contributed by atoms with Crippen LogP contribution in [0, 0.1) is 5.92 Å². The monoisotopic (exact) mass is 432 g/mol. The third-order valence-electron chi connectivity index (χ3n) is 5.59. The fourth-order valence-corrected chi connectivity index (χ4v) is 4.81. The van der Waals surface area contributed by atoms with Gasteiger partial charge in [0.25, 0.3) is 0 Å². The van der Waals surface area contributed by atoms with E-state index in [0.717, 1.165) is 43.2 Å². The maximum atomic E-state index is 13.1. The topological polar surface area (TPSA) is 56.8 Å². The number of thiazole rings is 1. The first-order chi connectivity index (χ1) is 14.1. The number of likely N-dealkylation sites (tertiary alicyclic amines) is 1. The standard InChI is InChI=1S/C21H25ClN4O2S/c22-18-4-2-16(3-5-18)13-26-14-17(12-20(26)27)21(28)25-8-1-7-24(9-10-25)15-19-23-6-11-29-19/h2-6,11,17H,1,7-10,12-15H2. The third kappa shape index (κ3) is 5.15. The number of aromatic nitrogens is 1. The number of hydrogen-bond acceptors (Lipinski definition) is 5. The summed E-state index contributed by atoms with van der Waals surface area (Å²) in [6, 6.07) is 7.51. The molecule has 2 aromatic rings. The van der Waals surface area contributed by atoms with Gasteiger partial charge in [0.15, 0.2) is 0 Å². The Balaban J connectivity index is 1.31. The molecule has 2 amide bonds. The van der Waals surface area contributed by atoms with Crippen LogP contribution < -0.4 is 0 Å². The first-order valence-corrected chi connectivity index (χ1v) is 11.3. The quantitative estimate of drug-likeness (QED) is 0.729. The van der Waals surface area contributed by atoms with Crippen molar-refractivity contribution in [2.75, 3.05) is 32.7 Å². The molecule has 4 rings (SSSR count). The van der Waals surface area contributed by atoms with E-state index in [-0.39, 0.29) is 17.7 Å². The first kappa shape index (κ1) is 20.3. The van der Waals surface area contributed by atoms with Gasteiger partial charge in [-0.25, -0.2) is 4.98 Å². The van der Waals surface area contributed by atoms with Gasteiger partial charge < -0.3 is 9.80 Å². The van der Waals surface area contributed by atoms with E-state index in [1.165, 1.54) is 0 Å². The van der Waals surface area contributed by atoms with E-state index in [0.29, 0.717) is 31.1 Å². The highest BCUT2D eigenvalue weighted by Crippen LogP contribution is 2.23. The summed E-state index contributed by atoms with van der Waals surface area (Å²) in [6.45, 7) is 5.16. The molecule has 1 aromatic heterocycles. The summed E-state index contributed by atoms with van der Waals surface area (Å²) >= 11 is 7.60. The lowest BCUT2D eigenvalue weighted by atomic mass is 10.1. The molecule has 1 atom stereocenters. The van der Waals surface area contributed by atoms with Crippen molar-refractivity contribution in [1.82, 2.24) is 19.7 Å². The zero-order valence-electron chi connectivity index (χ0n) is 16.3. The Morgan fingerprint density at radius 3 is 2.72 bits per heavy atom. The van der Waals surface area contributed by atoms with Gasteiger partial charge in [0, 0.05) is 62.3 Å². The van der Waals surface area contributed by atoms with Crippen molar-refractivity contribution >= 4 is 34.8 Å². The van der Waals surface area contributed by atoms with Gasteiger partial charge in [-0.1, -0.05) is 23.7 Å². The van der Waals surface area contributed by atoms with Gasteiger partial charge >= 0.3 is 0 Å².